The molecule has 0 saturated heterocycles. The van der Waals surface area contributed by atoms with Crippen LogP contribution in [0.5, 0.6) is 0 Å². The largest absolute Gasteiger partial charge is 0.355 e. The molecule has 0 saturated carbocycles. The van der Waals surface area contributed by atoms with Crippen LogP contribution in [0.25, 0.3) is 0 Å². The van der Waals surface area contributed by atoms with E-state index in [0.29, 0.717) is 6.54 Å². The summed E-state index contributed by atoms with van der Waals surface area (Å²) in [6.07, 6.45) is 1.84. The molecule has 0 fully saturated rings. The van der Waals surface area contributed by atoms with Crippen molar-refractivity contribution in [2.75, 3.05) is 6.54 Å². The molecule has 0 heterocycles. The van der Waals surface area contributed by atoms with Gasteiger partial charge >= 0.3 is 0 Å². The zero-order valence-electron chi connectivity index (χ0n) is 11.5. The molecule has 0 aliphatic carbocycles. The molecule has 1 aromatic rings. The van der Waals surface area contributed by atoms with Gasteiger partial charge in [-0.1, -0.05) is 29.3 Å². The Morgan fingerprint density at radius 3 is 2.45 bits per heavy atom. The summed E-state index contributed by atoms with van der Waals surface area (Å²) in [5.74, 6) is -0.320. The third-order valence-electron chi connectivity index (χ3n) is 2.68. The van der Waals surface area contributed by atoms with Gasteiger partial charge in [0.1, 0.15) is 0 Å². The van der Waals surface area contributed by atoms with Crippen LogP contribution in [0.2, 0.25) is 0 Å². The fraction of sp³-hybridized carbons (Fsp3) is 0.462. The Morgan fingerprint density at radius 1 is 1.30 bits per heavy atom. The van der Waals surface area contributed by atoms with Gasteiger partial charge in [-0.2, -0.15) is 4.72 Å². The molecular formula is C13H19BrN2O3S. The van der Waals surface area contributed by atoms with Crippen LogP contribution in [0, 0.1) is 0 Å². The Kier molecular flexibility index (Phi) is 6.64. The molecular weight excluding hydrogens is 344 g/mol. The number of carbonyl (C=O) groups excluding carboxylic acids is 1. The molecule has 7 heteroatoms. The molecule has 20 heavy (non-hydrogen) atoms. The first-order valence-electron chi connectivity index (χ1n) is 6.42. The normalized spacial score (nSPS) is 12.9. The summed E-state index contributed by atoms with van der Waals surface area (Å²) in [6.45, 7) is 4.10. The van der Waals surface area contributed by atoms with Gasteiger partial charge < -0.3 is 5.32 Å². The highest BCUT2D eigenvalue weighted by atomic mass is 79.9. The van der Waals surface area contributed by atoms with Crippen molar-refractivity contribution in [3.63, 3.8) is 0 Å². The third kappa shape index (κ3) is 5.22. The van der Waals surface area contributed by atoms with Crippen molar-refractivity contribution >= 4 is 31.9 Å². The van der Waals surface area contributed by atoms with E-state index in [1.807, 2.05) is 6.92 Å². The second-order valence-corrected chi connectivity index (χ2v) is 7.07. The van der Waals surface area contributed by atoms with Crippen LogP contribution in [0.3, 0.4) is 0 Å². The van der Waals surface area contributed by atoms with Crippen molar-refractivity contribution in [2.45, 2.75) is 37.6 Å². The maximum Gasteiger partial charge on any atom is 0.241 e. The second kappa shape index (κ2) is 7.75. The van der Waals surface area contributed by atoms with Crippen molar-refractivity contribution < 1.29 is 13.2 Å². The van der Waals surface area contributed by atoms with E-state index in [2.05, 4.69) is 26.0 Å². The van der Waals surface area contributed by atoms with E-state index < -0.39 is 16.1 Å². The van der Waals surface area contributed by atoms with Crippen LogP contribution in [0.1, 0.15) is 26.7 Å². The van der Waals surface area contributed by atoms with E-state index in [9.17, 15) is 13.2 Å². The number of nitrogens with one attached hydrogen (secondary N) is 2. The average Bonchev–Trinajstić information content (AvgIpc) is 2.38. The van der Waals surface area contributed by atoms with Crippen LogP contribution in [0.4, 0.5) is 0 Å². The minimum Gasteiger partial charge on any atom is -0.355 e. The van der Waals surface area contributed by atoms with Crippen LogP contribution < -0.4 is 10.0 Å². The lowest BCUT2D eigenvalue weighted by Crippen LogP contribution is -2.44. The number of rotatable bonds is 7. The Balaban J connectivity index is 2.66. The molecule has 0 spiro atoms. The summed E-state index contributed by atoms with van der Waals surface area (Å²) >= 11 is 3.24. The Morgan fingerprint density at radius 2 is 1.90 bits per heavy atom. The van der Waals surface area contributed by atoms with Crippen molar-refractivity contribution in [1.29, 1.82) is 0 Å². The van der Waals surface area contributed by atoms with E-state index >= 15 is 0 Å². The van der Waals surface area contributed by atoms with Gasteiger partial charge in [-0.15, -0.1) is 0 Å². The number of benzene rings is 1. The quantitative estimate of drug-likeness (QED) is 0.728. The molecule has 0 aliphatic heterocycles. The number of sulfonamides is 1. The molecule has 0 bridgehead atoms. The molecule has 0 radical (unpaired) electrons. The Bertz CT molecular complexity index is 543. The number of hydrogen-bond acceptors (Lipinski definition) is 3. The van der Waals surface area contributed by atoms with E-state index in [1.165, 1.54) is 19.1 Å². The molecule has 0 aliphatic rings. The molecule has 1 aromatic carbocycles. The van der Waals surface area contributed by atoms with Gasteiger partial charge in [0.15, 0.2) is 0 Å². The summed E-state index contributed by atoms with van der Waals surface area (Å²) in [5.41, 5.74) is 0. The van der Waals surface area contributed by atoms with Gasteiger partial charge in [-0.3, -0.25) is 4.79 Å². The first-order chi connectivity index (χ1) is 9.36. The Labute approximate surface area is 128 Å². The van der Waals surface area contributed by atoms with Crippen molar-refractivity contribution in [3.05, 3.63) is 28.7 Å². The molecule has 2 N–H and O–H groups in total. The smallest absolute Gasteiger partial charge is 0.241 e. The average molecular weight is 363 g/mol. The first-order valence-corrected chi connectivity index (χ1v) is 8.70. The van der Waals surface area contributed by atoms with Crippen LogP contribution in [-0.2, 0) is 14.8 Å². The van der Waals surface area contributed by atoms with Crippen molar-refractivity contribution in [3.8, 4) is 0 Å². The number of hydrogen-bond donors (Lipinski definition) is 2. The van der Waals surface area contributed by atoms with E-state index in [-0.39, 0.29) is 10.8 Å². The highest BCUT2D eigenvalue weighted by molar-refractivity contribution is 9.10. The fourth-order valence-electron chi connectivity index (χ4n) is 1.51. The minimum absolute atomic E-state index is 0.133. The van der Waals surface area contributed by atoms with Gasteiger partial charge in [0.2, 0.25) is 15.9 Å². The number of carbonyl (C=O) groups is 1. The molecule has 112 valence electrons. The lowest BCUT2D eigenvalue weighted by molar-refractivity contribution is -0.122. The van der Waals surface area contributed by atoms with Gasteiger partial charge in [0.05, 0.1) is 10.9 Å². The molecule has 1 amide bonds. The van der Waals surface area contributed by atoms with Gasteiger partial charge in [-0.05, 0) is 37.6 Å². The van der Waals surface area contributed by atoms with E-state index in [1.54, 1.807) is 12.1 Å². The van der Waals surface area contributed by atoms with Gasteiger partial charge in [0, 0.05) is 11.0 Å². The molecule has 1 rings (SSSR count). The maximum atomic E-state index is 12.1. The number of amides is 1. The molecule has 0 unspecified atom stereocenters. The van der Waals surface area contributed by atoms with Gasteiger partial charge in [-0.25, -0.2) is 8.42 Å². The fourth-order valence-corrected chi connectivity index (χ4v) is 2.98. The topological polar surface area (TPSA) is 75.3 Å². The standard InChI is InChI=1S/C13H19BrN2O3S/c1-3-4-9-15-13(17)10(2)16-20(18,19)12-7-5-11(14)6-8-12/h5-8,10,16H,3-4,9H2,1-2H3,(H,15,17)/t10-/m0/s1. The number of unbranched alkanes of at least 4 members (excludes halogenated alkanes) is 1. The molecule has 5 nitrogen and oxygen atoms in total. The maximum absolute atomic E-state index is 12.1. The Hall–Kier alpha value is -0.920. The zero-order chi connectivity index (χ0) is 15.2. The predicted octanol–water partition coefficient (Wildman–Crippen LogP) is 2.03. The molecule has 0 aromatic heterocycles. The molecule has 1 atom stereocenters. The highest BCUT2D eigenvalue weighted by Crippen LogP contribution is 2.14. The minimum atomic E-state index is -3.68. The van der Waals surface area contributed by atoms with Crippen LogP contribution in [-0.4, -0.2) is 26.9 Å². The van der Waals surface area contributed by atoms with E-state index in [4.69, 9.17) is 0 Å². The zero-order valence-corrected chi connectivity index (χ0v) is 13.9. The summed E-state index contributed by atoms with van der Waals surface area (Å²) in [5, 5.41) is 2.69. The summed E-state index contributed by atoms with van der Waals surface area (Å²) in [7, 11) is -3.68. The summed E-state index contributed by atoms with van der Waals surface area (Å²) in [4.78, 5) is 11.9. The SMILES string of the molecule is CCCCNC(=O)[C@H](C)NS(=O)(=O)c1ccc(Br)cc1. The van der Waals surface area contributed by atoms with Gasteiger partial charge in [0.25, 0.3) is 0 Å². The predicted molar refractivity (Wildman–Crippen MR) is 81.8 cm³/mol. The lowest BCUT2D eigenvalue weighted by atomic mass is 10.3. The van der Waals surface area contributed by atoms with E-state index in [0.717, 1.165) is 17.3 Å². The van der Waals surface area contributed by atoms with Crippen LogP contribution >= 0.6 is 15.9 Å². The monoisotopic (exact) mass is 362 g/mol. The van der Waals surface area contributed by atoms with Crippen molar-refractivity contribution in [2.24, 2.45) is 0 Å². The van der Waals surface area contributed by atoms with Crippen molar-refractivity contribution in [1.82, 2.24) is 10.0 Å². The highest BCUT2D eigenvalue weighted by Gasteiger charge is 2.21. The third-order valence-corrected chi connectivity index (χ3v) is 4.76. The summed E-state index contributed by atoms with van der Waals surface area (Å²) < 4.78 is 27.3. The van der Waals surface area contributed by atoms with Crippen LogP contribution in [0.15, 0.2) is 33.6 Å². The first kappa shape index (κ1) is 17.1. The number of halogens is 1. The summed E-state index contributed by atoms with van der Waals surface area (Å²) in [6, 6.07) is 5.43. The second-order valence-electron chi connectivity index (χ2n) is 4.44. The lowest BCUT2D eigenvalue weighted by Gasteiger charge is -2.14.